The van der Waals surface area contributed by atoms with Crippen molar-refractivity contribution in [2.45, 2.75) is 58.0 Å². The van der Waals surface area contributed by atoms with Crippen molar-refractivity contribution >= 4 is 29.5 Å². The quantitative estimate of drug-likeness (QED) is 0.118. The van der Waals surface area contributed by atoms with E-state index in [4.69, 9.17) is 40.0 Å². The van der Waals surface area contributed by atoms with E-state index in [9.17, 15) is 14.4 Å². The second-order valence-corrected chi connectivity index (χ2v) is 9.36. The Labute approximate surface area is 239 Å². The van der Waals surface area contributed by atoms with Crippen molar-refractivity contribution in [3.8, 4) is 16.9 Å². The van der Waals surface area contributed by atoms with Crippen LogP contribution in [-0.4, -0.2) is 56.5 Å². The molecule has 0 aromatic heterocycles. The van der Waals surface area contributed by atoms with Crippen molar-refractivity contribution in [2.75, 3.05) is 26.4 Å². The highest BCUT2D eigenvalue weighted by molar-refractivity contribution is 6.40. The van der Waals surface area contributed by atoms with Crippen molar-refractivity contribution in [3.05, 3.63) is 65.7 Å². The molecule has 10 heteroatoms. The van der Waals surface area contributed by atoms with Crippen molar-refractivity contribution < 1.29 is 42.8 Å². The van der Waals surface area contributed by atoms with Crippen LogP contribution in [-0.2, 0) is 38.1 Å². The molecule has 40 heavy (non-hydrogen) atoms. The monoisotopic (exact) mass is 574 g/mol. The summed E-state index contributed by atoms with van der Waals surface area (Å²) in [5.74, 6) is -1.13. The second-order valence-electron chi connectivity index (χ2n) is 8.90. The summed E-state index contributed by atoms with van der Waals surface area (Å²) < 4.78 is 32.4. The van der Waals surface area contributed by atoms with Gasteiger partial charge in [0.15, 0.2) is 18.5 Å². The third-order valence-electron chi connectivity index (χ3n) is 5.99. The van der Waals surface area contributed by atoms with Gasteiger partial charge < -0.3 is 28.4 Å². The largest absolute Gasteiger partial charge is 0.494 e. The fourth-order valence-electron chi connectivity index (χ4n) is 3.97. The van der Waals surface area contributed by atoms with E-state index in [0.717, 1.165) is 42.6 Å². The highest BCUT2D eigenvalue weighted by Gasteiger charge is 2.47. The zero-order valence-corrected chi connectivity index (χ0v) is 23.5. The van der Waals surface area contributed by atoms with E-state index in [-0.39, 0.29) is 18.2 Å². The van der Waals surface area contributed by atoms with Gasteiger partial charge in [0.25, 0.3) is 0 Å². The van der Waals surface area contributed by atoms with Crippen LogP contribution in [0.3, 0.4) is 0 Å². The fourth-order valence-corrected chi connectivity index (χ4v) is 4.03. The molecule has 0 radical (unpaired) electrons. The number of hydrogen-bond acceptors (Lipinski definition) is 9. The molecule has 2 aromatic rings. The molecule has 216 valence electrons. The molecular weight excluding hydrogens is 540 g/mol. The number of carbonyl (C=O) groups is 3. The second kappa shape index (κ2) is 16.0. The van der Waals surface area contributed by atoms with E-state index in [1.54, 1.807) is 13.8 Å². The predicted molar refractivity (Wildman–Crippen MR) is 148 cm³/mol. The molecule has 1 saturated heterocycles. The first-order valence-corrected chi connectivity index (χ1v) is 13.7. The molecule has 2 aromatic carbocycles. The maximum atomic E-state index is 12.3. The Bertz CT molecular complexity index is 1100. The normalized spacial score (nSPS) is 16.8. The maximum Gasteiger partial charge on any atom is 0.349 e. The highest BCUT2D eigenvalue weighted by Crippen LogP contribution is 2.34. The van der Waals surface area contributed by atoms with Gasteiger partial charge in [0.05, 0.1) is 26.4 Å². The topological polar surface area (TPSA) is 107 Å². The van der Waals surface area contributed by atoms with Crippen LogP contribution < -0.4 is 4.74 Å². The SMILES string of the molecule is C=C(Cl)C(=O)OCCCCCCOc1ccc(-c2ccc(C3O[C@@H](C(=O)OCC)[C@H](C(=O)OCC)O3)cc2)cc1. The first-order valence-electron chi connectivity index (χ1n) is 13.3. The average Bonchev–Trinajstić information content (AvgIpc) is 3.41. The summed E-state index contributed by atoms with van der Waals surface area (Å²) in [7, 11) is 0. The molecule has 2 atom stereocenters. The Morgan fingerprint density at radius 2 is 1.25 bits per heavy atom. The number of ether oxygens (including phenoxy) is 6. The van der Waals surface area contributed by atoms with Gasteiger partial charge in [0, 0.05) is 5.56 Å². The molecule has 3 rings (SSSR count). The van der Waals surface area contributed by atoms with Gasteiger partial charge in [-0.25, -0.2) is 14.4 Å². The lowest BCUT2D eigenvalue weighted by molar-refractivity contribution is -0.163. The summed E-state index contributed by atoms with van der Waals surface area (Å²) in [5, 5.41) is -0.110. The Hall–Kier alpha value is -3.40. The van der Waals surface area contributed by atoms with E-state index in [1.807, 2.05) is 48.5 Å². The summed E-state index contributed by atoms with van der Waals surface area (Å²) in [6, 6.07) is 15.3. The van der Waals surface area contributed by atoms with E-state index in [2.05, 4.69) is 6.58 Å². The number of halogens is 1. The van der Waals surface area contributed by atoms with Crippen LogP contribution in [0.4, 0.5) is 0 Å². The first kappa shape index (κ1) is 31.1. The molecule has 9 nitrogen and oxygen atoms in total. The smallest absolute Gasteiger partial charge is 0.349 e. The van der Waals surface area contributed by atoms with Crippen molar-refractivity contribution in [1.29, 1.82) is 0 Å². The Morgan fingerprint density at radius 3 is 1.75 bits per heavy atom. The van der Waals surface area contributed by atoms with Gasteiger partial charge in [-0.15, -0.1) is 0 Å². The van der Waals surface area contributed by atoms with Crippen LogP contribution in [0.25, 0.3) is 11.1 Å². The minimum absolute atomic E-state index is 0.110. The summed E-state index contributed by atoms with van der Waals surface area (Å²) >= 11 is 5.46. The van der Waals surface area contributed by atoms with Crippen LogP contribution in [0.2, 0.25) is 0 Å². The van der Waals surface area contributed by atoms with Gasteiger partial charge in [0.2, 0.25) is 0 Å². The third kappa shape index (κ3) is 9.08. The number of rotatable bonds is 15. The predicted octanol–water partition coefficient (Wildman–Crippen LogP) is 5.50. The van der Waals surface area contributed by atoms with E-state index >= 15 is 0 Å². The molecule has 0 N–H and O–H groups in total. The summed E-state index contributed by atoms with van der Waals surface area (Å²) in [6.07, 6.45) is 0.229. The molecule has 1 aliphatic rings. The van der Waals surface area contributed by atoms with Gasteiger partial charge in [-0.3, -0.25) is 0 Å². The van der Waals surface area contributed by atoms with Crippen LogP contribution in [0, 0.1) is 0 Å². The zero-order chi connectivity index (χ0) is 28.9. The van der Waals surface area contributed by atoms with Crippen LogP contribution in [0.5, 0.6) is 5.75 Å². The lowest BCUT2D eigenvalue weighted by Crippen LogP contribution is -2.39. The van der Waals surface area contributed by atoms with Gasteiger partial charge in [-0.2, -0.15) is 0 Å². The highest BCUT2D eigenvalue weighted by atomic mass is 35.5. The molecule has 0 aliphatic carbocycles. The van der Waals surface area contributed by atoms with Crippen molar-refractivity contribution in [1.82, 2.24) is 0 Å². The number of hydrogen-bond donors (Lipinski definition) is 0. The van der Waals surface area contributed by atoms with E-state index in [0.29, 0.717) is 18.8 Å². The van der Waals surface area contributed by atoms with Gasteiger partial charge >= 0.3 is 17.9 Å². The average molecular weight is 575 g/mol. The summed E-state index contributed by atoms with van der Waals surface area (Å²) in [6.45, 7) is 7.92. The molecule has 0 bridgehead atoms. The molecule has 0 unspecified atom stereocenters. The lowest BCUT2D eigenvalue weighted by atomic mass is 10.0. The summed E-state index contributed by atoms with van der Waals surface area (Å²) in [4.78, 5) is 35.8. The Balaban J connectivity index is 1.47. The first-order chi connectivity index (χ1) is 19.3. The molecule has 1 fully saturated rings. The number of carbonyl (C=O) groups excluding carboxylic acids is 3. The summed E-state index contributed by atoms with van der Waals surface area (Å²) in [5.41, 5.74) is 2.62. The third-order valence-corrected chi connectivity index (χ3v) is 6.14. The van der Waals surface area contributed by atoms with Crippen molar-refractivity contribution in [3.63, 3.8) is 0 Å². The van der Waals surface area contributed by atoms with Gasteiger partial charge in [0.1, 0.15) is 10.8 Å². The van der Waals surface area contributed by atoms with E-state index in [1.165, 1.54) is 0 Å². The van der Waals surface area contributed by atoms with Crippen LogP contribution in [0.1, 0.15) is 51.4 Å². The van der Waals surface area contributed by atoms with Crippen molar-refractivity contribution in [2.24, 2.45) is 0 Å². The molecular formula is C30H35ClO9. The lowest BCUT2D eigenvalue weighted by Gasteiger charge is -2.13. The molecule has 1 heterocycles. The van der Waals surface area contributed by atoms with Crippen LogP contribution >= 0.6 is 11.6 Å². The minimum atomic E-state index is -1.20. The number of unbranched alkanes of at least 4 members (excludes halogenated alkanes) is 3. The fraction of sp³-hybridized carbons (Fsp3) is 0.433. The molecule has 1 aliphatic heterocycles. The van der Waals surface area contributed by atoms with Gasteiger partial charge in [-0.1, -0.05) is 54.6 Å². The Morgan fingerprint density at radius 1 is 0.750 bits per heavy atom. The minimum Gasteiger partial charge on any atom is -0.494 e. The molecule has 0 amide bonds. The molecule has 0 spiro atoms. The number of esters is 3. The maximum absolute atomic E-state index is 12.3. The molecule has 0 saturated carbocycles. The standard InChI is InChI=1S/C30H35ClO9/c1-4-35-28(33)25-26(29(34)36-5-2)40-30(39-25)23-12-10-21(11-13-23)22-14-16-24(17-15-22)37-18-8-6-7-9-19-38-27(32)20(3)31/h10-17,25-26,30H,3-9,18-19H2,1-2H3/t25-,26-/m1/s1. The Kier molecular flexibility index (Phi) is 12.5. The van der Waals surface area contributed by atoms with Gasteiger partial charge in [-0.05, 0) is 62.8 Å². The van der Waals surface area contributed by atoms with Crippen LogP contribution in [0.15, 0.2) is 60.1 Å². The zero-order valence-electron chi connectivity index (χ0n) is 22.8. The van der Waals surface area contributed by atoms with E-state index < -0.39 is 36.4 Å². The number of benzene rings is 2.